The van der Waals surface area contributed by atoms with Crippen LogP contribution >= 0.6 is 0 Å². The molecule has 3 nitrogen and oxygen atoms in total. The minimum absolute atomic E-state index is 0.564. The number of nitrogens with one attached hydrogen (secondary N) is 1. The van der Waals surface area contributed by atoms with Crippen LogP contribution in [0.15, 0.2) is 30.3 Å². The van der Waals surface area contributed by atoms with Gasteiger partial charge in [-0.05, 0) is 31.9 Å². The van der Waals surface area contributed by atoms with Gasteiger partial charge in [-0.15, -0.1) is 0 Å². The summed E-state index contributed by atoms with van der Waals surface area (Å²) >= 11 is 0. The summed E-state index contributed by atoms with van der Waals surface area (Å²) in [5, 5.41) is 3.62. The lowest BCUT2D eigenvalue weighted by molar-refractivity contribution is 0.0344. The van der Waals surface area contributed by atoms with E-state index in [9.17, 15) is 0 Å². The topological polar surface area (TPSA) is 24.5 Å². The Balaban J connectivity index is 1.55. The van der Waals surface area contributed by atoms with E-state index >= 15 is 0 Å². The molecule has 1 heterocycles. The van der Waals surface area contributed by atoms with Crippen LogP contribution in [-0.4, -0.2) is 50.3 Å². The minimum Gasteiger partial charge on any atom is -0.379 e. The average Bonchev–Trinajstić information content (AvgIpc) is 2.46. The number of morpholine rings is 1. The van der Waals surface area contributed by atoms with Gasteiger partial charge in [0.15, 0.2) is 0 Å². The van der Waals surface area contributed by atoms with Crippen LogP contribution in [0.5, 0.6) is 0 Å². The van der Waals surface area contributed by atoms with Crippen molar-refractivity contribution in [2.24, 2.45) is 0 Å². The van der Waals surface area contributed by atoms with E-state index < -0.39 is 0 Å². The second kappa shape index (κ2) is 8.31. The van der Waals surface area contributed by atoms with Crippen LogP contribution in [0.2, 0.25) is 0 Å². The first-order chi connectivity index (χ1) is 9.34. The molecule has 2 rings (SSSR count). The summed E-state index contributed by atoms with van der Waals surface area (Å²) in [6.45, 7) is 8.45. The number of ether oxygens (including phenoxy) is 1. The third kappa shape index (κ3) is 5.72. The highest BCUT2D eigenvalue weighted by Crippen LogP contribution is 2.02. The number of hydrogen-bond acceptors (Lipinski definition) is 3. The standard InChI is InChI=1S/C16H26N2O/c1-15(14-18-10-12-19-13-11-18)17-9-5-8-16-6-3-2-4-7-16/h2-4,6-7,15,17H,5,8-14H2,1H3. The largest absolute Gasteiger partial charge is 0.379 e. The lowest BCUT2D eigenvalue weighted by atomic mass is 10.1. The van der Waals surface area contributed by atoms with Gasteiger partial charge in [0.25, 0.3) is 0 Å². The molecule has 1 aromatic rings. The molecule has 0 aromatic heterocycles. The van der Waals surface area contributed by atoms with E-state index in [-0.39, 0.29) is 0 Å². The summed E-state index contributed by atoms with van der Waals surface area (Å²) in [6, 6.07) is 11.3. The molecule has 0 spiro atoms. The summed E-state index contributed by atoms with van der Waals surface area (Å²) in [6.07, 6.45) is 2.37. The first-order valence-electron chi connectivity index (χ1n) is 7.42. The molecule has 3 heteroatoms. The third-order valence-corrected chi connectivity index (χ3v) is 3.61. The number of aryl methyl sites for hydroxylation is 1. The monoisotopic (exact) mass is 262 g/mol. The second-order valence-electron chi connectivity index (χ2n) is 5.36. The number of nitrogens with zero attached hydrogens (tertiary/aromatic N) is 1. The Labute approximate surface area is 116 Å². The van der Waals surface area contributed by atoms with E-state index in [1.807, 2.05) is 0 Å². The van der Waals surface area contributed by atoms with Gasteiger partial charge in [0, 0.05) is 25.7 Å². The van der Waals surface area contributed by atoms with Gasteiger partial charge >= 0.3 is 0 Å². The van der Waals surface area contributed by atoms with Crippen molar-refractivity contribution >= 4 is 0 Å². The molecule has 0 aliphatic carbocycles. The van der Waals surface area contributed by atoms with Crippen molar-refractivity contribution in [2.75, 3.05) is 39.4 Å². The molecule has 1 atom stereocenters. The lowest BCUT2D eigenvalue weighted by Gasteiger charge is -2.29. The lowest BCUT2D eigenvalue weighted by Crippen LogP contribution is -2.44. The average molecular weight is 262 g/mol. The molecular weight excluding hydrogens is 236 g/mol. The van der Waals surface area contributed by atoms with Crippen LogP contribution in [0, 0.1) is 0 Å². The highest BCUT2D eigenvalue weighted by Gasteiger charge is 2.12. The fraction of sp³-hybridized carbons (Fsp3) is 0.625. The zero-order valence-corrected chi connectivity index (χ0v) is 12.0. The van der Waals surface area contributed by atoms with Crippen molar-refractivity contribution in [1.29, 1.82) is 0 Å². The summed E-state index contributed by atoms with van der Waals surface area (Å²) in [5.74, 6) is 0. The van der Waals surface area contributed by atoms with Gasteiger partial charge in [0.1, 0.15) is 0 Å². The first-order valence-corrected chi connectivity index (χ1v) is 7.42. The highest BCUT2D eigenvalue weighted by atomic mass is 16.5. The Morgan fingerprint density at radius 3 is 2.68 bits per heavy atom. The molecule has 1 fully saturated rings. The Morgan fingerprint density at radius 1 is 1.21 bits per heavy atom. The third-order valence-electron chi connectivity index (χ3n) is 3.61. The fourth-order valence-electron chi connectivity index (χ4n) is 2.52. The zero-order valence-electron chi connectivity index (χ0n) is 12.0. The Kier molecular flexibility index (Phi) is 6.34. The normalized spacial score (nSPS) is 18.4. The van der Waals surface area contributed by atoms with Crippen molar-refractivity contribution in [2.45, 2.75) is 25.8 Å². The molecule has 0 amide bonds. The maximum Gasteiger partial charge on any atom is 0.0594 e. The predicted octanol–water partition coefficient (Wildman–Crippen LogP) is 1.93. The summed E-state index contributed by atoms with van der Waals surface area (Å²) in [5.41, 5.74) is 1.44. The van der Waals surface area contributed by atoms with Crippen molar-refractivity contribution in [3.63, 3.8) is 0 Å². The molecule has 1 aliphatic heterocycles. The van der Waals surface area contributed by atoms with Gasteiger partial charge in [0.05, 0.1) is 13.2 Å². The quantitative estimate of drug-likeness (QED) is 0.760. The molecular formula is C16H26N2O. The maximum absolute atomic E-state index is 5.37. The number of hydrogen-bond donors (Lipinski definition) is 1. The Hall–Kier alpha value is -0.900. The maximum atomic E-state index is 5.37. The van der Waals surface area contributed by atoms with E-state index in [1.165, 1.54) is 12.0 Å². The van der Waals surface area contributed by atoms with Crippen LogP contribution in [0.1, 0.15) is 18.9 Å². The van der Waals surface area contributed by atoms with Crippen LogP contribution < -0.4 is 5.32 Å². The van der Waals surface area contributed by atoms with Gasteiger partial charge in [0.2, 0.25) is 0 Å². The van der Waals surface area contributed by atoms with E-state index in [2.05, 4.69) is 47.5 Å². The van der Waals surface area contributed by atoms with Crippen molar-refractivity contribution in [3.05, 3.63) is 35.9 Å². The second-order valence-corrected chi connectivity index (χ2v) is 5.36. The van der Waals surface area contributed by atoms with Gasteiger partial charge in [-0.25, -0.2) is 0 Å². The molecule has 0 radical (unpaired) electrons. The first kappa shape index (κ1) is 14.5. The van der Waals surface area contributed by atoms with Crippen molar-refractivity contribution in [3.8, 4) is 0 Å². The van der Waals surface area contributed by atoms with Gasteiger partial charge < -0.3 is 10.1 Å². The molecule has 1 unspecified atom stereocenters. The molecule has 0 bridgehead atoms. The fourth-order valence-corrected chi connectivity index (χ4v) is 2.52. The SMILES string of the molecule is CC(CN1CCOCC1)NCCCc1ccccc1. The van der Waals surface area contributed by atoms with E-state index in [0.29, 0.717) is 6.04 Å². The van der Waals surface area contributed by atoms with Crippen LogP contribution in [-0.2, 0) is 11.2 Å². The summed E-state index contributed by atoms with van der Waals surface area (Å²) < 4.78 is 5.37. The summed E-state index contributed by atoms with van der Waals surface area (Å²) in [4.78, 5) is 2.48. The molecule has 1 aromatic carbocycles. The van der Waals surface area contributed by atoms with E-state index in [4.69, 9.17) is 4.74 Å². The van der Waals surface area contributed by atoms with E-state index in [0.717, 1.165) is 45.8 Å². The minimum atomic E-state index is 0.564. The molecule has 0 saturated carbocycles. The van der Waals surface area contributed by atoms with Crippen LogP contribution in [0.3, 0.4) is 0 Å². The molecule has 19 heavy (non-hydrogen) atoms. The van der Waals surface area contributed by atoms with Gasteiger partial charge in [-0.1, -0.05) is 30.3 Å². The Bertz CT molecular complexity index is 336. The molecule has 1 N–H and O–H groups in total. The predicted molar refractivity (Wildman–Crippen MR) is 79.5 cm³/mol. The number of benzene rings is 1. The highest BCUT2D eigenvalue weighted by molar-refractivity contribution is 5.14. The van der Waals surface area contributed by atoms with Gasteiger partial charge in [-0.3, -0.25) is 4.90 Å². The number of rotatable bonds is 7. The van der Waals surface area contributed by atoms with E-state index in [1.54, 1.807) is 0 Å². The van der Waals surface area contributed by atoms with Crippen LogP contribution in [0.25, 0.3) is 0 Å². The summed E-state index contributed by atoms with van der Waals surface area (Å²) in [7, 11) is 0. The van der Waals surface area contributed by atoms with Crippen LogP contribution in [0.4, 0.5) is 0 Å². The smallest absolute Gasteiger partial charge is 0.0594 e. The van der Waals surface area contributed by atoms with Gasteiger partial charge in [-0.2, -0.15) is 0 Å². The van der Waals surface area contributed by atoms with Crippen molar-refractivity contribution in [1.82, 2.24) is 10.2 Å². The van der Waals surface area contributed by atoms with Crippen molar-refractivity contribution < 1.29 is 4.74 Å². The zero-order chi connectivity index (χ0) is 13.3. The molecule has 1 aliphatic rings. The Morgan fingerprint density at radius 2 is 1.95 bits per heavy atom. The molecule has 106 valence electrons. The molecule has 1 saturated heterocycles.